The molecular formula is C15H24N6. The summed E-state index contributed by atoms with van der Waals surface area (Å²) in [5.41, 5.74) is 1.06. The van der Waals surface area contributed by atoms with Gasteiger partial charge in [-0.1, -0.05) is 13.8 Å². The smallest absolute Gasteiger partial charge is 0.135 e. The van der Waals surface area contributed by atoms with Crippen LogP contribution in [0.5, 0.6) is 0 Å². The minimum Gasteiger partial charge on any atom is -0.373 e. The van der Waals surface area contributed by atoms with Gasteiger partial charge in [0.1, 0.15) is 17.5 Å². The van der Waals surface area contributed by atoms with E-state index in [-0.39, 0.29) is 0 Å². The summed E-state index contributed by atoms with van der Waals surface area (Å²) in [6.07, 6.45) is 4.78. The van der Waals surface area contributed by atoms with Crippen LogP contribution in [-0.2, 0) is 6.54 Å². The normalized spacial score (nSPS) is 10.9. The molecule has 6 heteroatoms. The summed E-state index contributed by atoms with van der Waals surface area (Å²) < 4.78 is 1.94. The molecule has 0 bridgehead atoms. The average molecular weight is 288 g/mol. The Morgan fingerprint density at radius 1 is 1.24 bits per heavy atom. The van der Waals surface area contributed by atoms with Crippen LogP contribution in [0.1, 0.15) is 37.6 Å². The van der Waals surface area contributed by atoms with Crippen molar-refractivity contribution in [3.63, 3.8) is 0 Å². The second-order valence-electron chi connectivity index (χ2n) is 5.36. The second-order valence-corrected chi connectivity index (χ2v) is 5.36. The Labute approximate surface area is 126 Å². The molecule has 2 aromatic rings. The third-order valence-electron chi connectivity index (χ3n) is 3.33. The first kappa shape index (κ1) is 15.3. The molecule has 0 aliphatic heterocycles. The van der Waals surface area contributed by atoms with Crippen molar-refractivity contribution < 1.29 is 0 Å². The zero-order chi connectivity index (χ0) is 15.2. The van der Waals surface area contributed by atoms with E-state index in [9.17, 15) is 0 Å². The van der Waals surface area contributed by atoms with Crippen molar-refractivity contribution >= 4 is 11.6 Å². The fourth-order valence-corrected chi connectivity index (χ4v) is 2.09. The van der Waals surface area contributed by atoms with E-state index in [0.29, 0.717) is 5.92 Å². The molecule has 6 nitrogen and oxygen atoms in total. The number of nitrogens with zero attached hydrogens (tertiary/aromatic N) is 4. The van der Waals surface area contributed by atoms with E-state index in [0.717, 1.165) is 42.5 Å². The highest BCUT2D eigenvalue weighted by molar-refractivity contribution is 5.57. The van der Waals surface area contributed by atoms with Crippen LogP contribution >= 0.6 is 0 Å². The molecule has 2 heterocycles. The van der Waals surface area contributed by atoms with Gasteiger partial charge in [-0.3, -0.25) is 4.68 Å². The standard InChI is InChI=1S/C15H24N6/c1-11(2)13-19-14(16-4)12(3)15(20-13)17-7-5-9-21-10-6-8-18-21/h6,8,10-11H,5,7,9H2,1-4H3,(H2,16,17,19,20). The van der Waals surface area contributed by atoms with E-state index >= 15 is 0 Å². The van der Waals surface area contributed by atoms with E-state index in [1.54, 1.807) is 6.20 Å². The highest BCUT2D eigenvalue weighted by Gasteiger charge is 2.11. The lowest BCUT2D eigenvalue weighted by Gasteiger charge is -2.15. The van der Waals surface area contributed by atoms with E-state index in [4.69, 9.17) is 0 Å². The van der Waals surface area contributed by atoms with Crippen molar-refractivity contribution in [2.45, 2.75) is 39.7 Å². The molecule has 0 aliphatic carbocycles. The maximum atomic E-state index is 4.63. The fourth-order valence-electron chi connectivity index (χ4n) is 2.09. The number of rotatable bonds is 7. The van der Waals surface area contributed by atoms with Crippen LogP contribution in [0.4, 0.5) is 11.6 Å². The molecule has 21 heavy (non-hydrogen) atoms. The molecule has 0 aromatic carbocycles. The molecular weight excluding hydrogens is 264 g/mol. The second kappa shape index (κ2) is 7.06. The van der Waals surface area contributed by atoms with Crippen molar-refractivity contribution in [1.29, 1.82) is 0 Å². The lowest BCUT2D eigenvalue weighted by molar-refractivity contribution is 0.591. The molecule has 0 saturated carbocycles. The SMILES string of the molecule is CNc1nc(C(C)C)nc(NCCCn2cccn2)c1C. The number of hydrogen-bond acceptors (Lipinski definition) is 5. The molecule has 0 radical (unpaired) electrons. The van der Waals surface area contributed by atoms with Crippen molar-refractivity contribution in [2.24, 2.45) is 0 Å². The first-order chi connectivity index (χ1) is 10.1. The Bertz CT molecular complexity index is 562. The summed E-state index contributed by atoms with van der Waals surface area (Å²) in [4.78, 5) is 9.17. The molecule has 0 spiro atoms. The highest BCUT2D eigenvalue weighted by Crippen LogP contribution is 2.22. The number of aromatic nitrogens is 4. The summed E-state index contributed by atoms with van der Waals surface area (Å²) in [7, 11) is 1.89. The van der Waals surface area contributed by atoms with Gasteiger partial charge in [0, 0.05) is 44.0 Å². The van der Waals surface area contributed by atoms with E-state index in [1.165, 1.54) is 0 Å². The number of anilines is 2. The Kier molecular flexibility index (Phi) is 5.14. The number of nitrogens with one attached hydrogen (secondary N) is 2. The summed E-state index contributed by atoms with van der Waals surface area (Å²) in [5, 5.41) is 10.7. The van der Waals surface area contributed by atoms with Crippen LogP contribution in [0, 0.1) is 6.92 Å². The van der Waals surface area contributed by atoms with E-state index in [1.807, 2.05) is 30.9 Å². The van der Waals surface area contributed by atoms with E-state index in [2.05, 4.69) is 39.5 Å². The Morgan fingerprint density at radius 2 is 2.00 bits per heavy atom. The Balaban J connectivity index is 1.99. The Hall–Kier alpha value is -2.11. The molecule has 0 fully saturated rings. The predicted octanol–water partition coefficient (Wildman–Crippen LogP) is 2.65. The van der Waals surface area contributed by atoms with Gasteiger partial charge in [-0.15, -0.1) is 0 Å². The molecule has 0 amide bonds. The molecule has 2 aromatic heterocycles. The monoisotopic (exact) mass is 288 g/mol. The van der Waals surface area contributed by atoms with Crippen LogP contribution in [0.2, 0.25) is 0 Å². The highest BCUT2D eigenvalue weighted by atomic mass is 15.3. The van der Waals surface area contributed by atoms with Gasteiger partial charge in [0.2, 0.25) is 0 Å². The van der Waals surface area contributed by atoms with Crippen molar-refractivity contribution in [3.05, 3.63) is 29.8 Å². The van der Waals surface area contributed by atoms with Crippen LogP contribution in [0.15, 0.2) is 18.5 Å². The first-order valence-corrected chi connectivity index (χ1v) is 7.39. The maximum Gasteiger partial charge on any atom is 0.135 e. The van der Waals surface area contributed by atoms with Gasteiger partial charge in [0.05, 0.1) is 0 Å². The van der Waals surface area contributed by atoms with Crippen LogP contribution in [0.3, 0.4) is 0 Å². The van der Waals surface area contributed by atoms with Crippen LogP contribution < -0.4 is 10.6 Å². The van der Waals surface area contributed by atoms with Crippen molar-refractivity contribution in [3.8, 4) is 0 Å². The van der Waals surface area contributed by atoms with Gasteiger partial charge in [-0.25, -0.2) is 9.97 Å². The van der Waals surface area contributed by atoms with Gasteiger partial charge in [-0.2, -0.15) is 5.10 Å². The zero-order valence-electron chi connectivity index (χ0n) is 13.2. The molecule has 0 atom stereocenters. The van der Waals surface area contributed by atoms with Gasteiger partial charge in [-0.05, 0) is 19.4 Å². The van der Waals surface area contributed by atoms with Gasteiger partial charge >= 0.3 is 0 Å². The fraction of sp³-hybridized carbons (Fsp3) is 0.533. The van der Waals surface area contributed by atoms with E-state index < -0.39 is 0 Å². The predicted molar refractivity (Wildman–Crippen MR) is 85.7 cm³/mol. The van der Waals surface area contributed by atoms with Crippen LogP contribution in [0.25, 0.3) is 0 Å². The minimum atomic E-state index is 0.308. The molecule has 0 saturated heterocycles. The third-order valence-corrected chi connectivity index (χ3v) is 3.33. The average Bonchev–Trinajstić information content (AvgIpc) is 2.98. The first-order valence-electron chi connectivity index (χ1n) is 7.39. The van der Waals surface area contributed by atoms with Crippen LogP contribution in [-0.4, -0.2) is 33.3 Å². The summed E-state index contributed by atoms with van der Waals surface area (Å²) >= 11 is 0. The zero-order valence-corrected chi connectivity index (χ0v) is 13.2. The summed E-state index contributed by atoms with van der Waals surface area (Å²) in [5.74, 6) is 2.98. The summed E-state index contributed by atoms with van der Waals surface area (Å²) in [6.45, 7) is 8.00. The van der Waals surface area contributed by atoms with Crippen molar-refractivity contribution in [2.75, 3.05) is 24.2 Å². The number of aryl methyl sites for hydroxylation is 1. The lowest BCUT2D eigenvalue weighted by atomic mass is 10.2. The molecule has 0 unspecified atom stereocenters. The third kappa shape index (κ3) is 3.93. The Morgan fingerprint density at radius 3 is 2.62 bits per heavy atom. The number of hydrogen-bond donors (Lipinski definition) is 2. The summed E-state index contributed by atoms with van der Waals surface area (Å²) in [6, 6.07) is 1.94. The largest absolute Gasteiger partial charge is 0.373 e. The molecule has 2 rings (SSSR count). The molecule has 2 N–H and O–H groups in total. The maximum absolute atomic E-state index is 4.63. The minimum absolute atomic E-state index is 0.308. The molecule has 0 aliphatic rings. The van der Waals surface area contributed by atoms with Gasteiger partial charge < -0.3 is 10.6 Å². The topological polar surface area (TPSA) is 67.7 Å². The molecule has 114 valence electrons. The quantitative estimate of drug-likeness (QED) is 0.767. The lowest BCUT2D eigenvalue weighted by Crippen LogP contribution is -2.13. The van der Waals surface area contributed by atoms with Gasteiger partial charge in [0.25, 0.3) is 0 Å². The van der Waals surface area contributed by atoms with Gasteiger partial charge in [0.15, 0.2) is 0 Å². The van der Waals surface area contributed by atoms with Crippen molar-refractivity contribution in [1.82, 2.24) is 19.7 Å².